The Kier molecular flexibility index (Phi) is 6.67. The standard InChI is InChI=1S/C14H26N4O2/c1-5-18(6-2)8-7-16-13(19)11-9-20-14(17-11)12(15)10(3)4/h9-10,12H,5-8,15H2,1-4H3,(H,16,19). The van der Waals surface area contributed by atoms with Gasteiger partial charge < -0.3 is 20.4 Å². The fraction of sp³-hybridized carbons (Fsp3) is 0.714. The Morgan fingerprint density at radius 1 is 1.45 bits per heavy atom. The first kappa shape index (κ1) is 16.7. The monoisotopic (exact) mass is 282 g/mol. The summed E-state index contributed by atoms with van der Waals surface area (Å²) in [5, 5.41) is 2.84. The number of carbonyl (C=O) groups is 1. The lowest BCUT2D eigenvalue weighted by atomic mass is 10.1. The van der Waals surface area contributed by atoms with Crippen LogP contribution in [0.25, 0.3) is 0 Å². The first-order chi connectivity index (χ1) is 9.49. The predicted molar refractivity (Wildman–Crippen MR) is 78.4 cm³/mol. The number of amides is 1. The maximum atomic E-state index is 11.9. The molecule has 0 saturated heterocycles. The number of nitrogens with two attached hydrogens (primary N) is 1. The van der Waals surface area contributed by atoms with Crippen molar-refractivity contribution >= 4 is 5.91 Å². The van der Waals surface area contributed by atoms with E-state index in [0.717, 1.165) is 19.6 Å². The van der Waals surface area contributed by atoms with Crippen LogP contribution in [0.2, 0.25) is 0 Å². The van der Waals surface area contributed by atoms with Gasteiger partial charge in [-0.15, -0.1) is 0 Å². The molecule has 0 aliphatic rings. The van der Waals surface area contributed by atoms with Crippen LogP contribution in [-0.2, 0) is 0 Å². The van der Waals surface area contributed by atoms with Crippen LogP contribution < -0.4 is 11.1 Å². The zero-order chi connectivity index (χ0) is 15.1. The summed E-state index contributed by atoms with van der Waals surface area (Å²) >= 11 is 0. The number of carbonyl (C=O) groups excluding carboxylic acids is 1. The smallest absolute Gasteiger partial charge is 0.273 e. The van der Waals surface area contributed by atoms with Crippen LogP contribution in [0.15, 0.2) is 10.7 Å². The molecular formula is C14H26N4O2. The first-order valence-corrected chi connectivity index (χ1v) is 7.21. The summed E-state index contributed by atoms with van der Waals surface area (Å²) in [5.74, 6) is 0.407. The van der Waals surface area contributed by atoms with Gasteiger partial charge in [-0.3, -0.25) is 4.79 Å². The number of hydrogen-bond acceptors (Lipinski definition) is 5. The van der Waals surface area contributed by atoms with Crippen molar-refractivity contribution in [2.45, 2.75) is 33.7 Å². The van der Waals surface area contributed by atoms with Crippen molar-refractivity contribution in [2.24, 2.45) is 11.7 Å². The highest BCUT2D eigenvalue weighted by molar-refractivity contribution is 5.91. The average Bonchev–Trinajstić information content (AvgIpc) is 2.92. The van der Waals surface area contributed by atoms with Crippen molar-refractivity contribution in [3.63, 3.8) is 0 Å². The van der Waals surface area contributed by atoms with Gasteiger partial charge in [0.1, 0.15) is 6.26 Å². The van der Waals surface area contributed by atoms with Crippen molar-refractivity contribution in [1.29, 1.82) is 0 Å². The van der Waals surface area contributed by atoms with Crippen LogP contribution >= 0.6 is 0 Å². The second-order valence-electron chi connectivity index (χ2n) is 5.12. The minimum absolute atomic E-state index is 0.215. The van der Waals surface area contributed by atoms with Crippen molar-refractivity contribution in [2.75, 3.05) is 26.2 Å². The SMILES string of the molecule is CCN(CC)CCNC(=O)c1coc(C(N)C(C)C)n1. The van der Waals surface area contributed by atoms with Crippen molar-refractivity contribution < 1.29 is 9.21 Å². The molecule has 1 amide bonds. The van der Waals surface area contributed by atoms with E-state index < -0.39 is 0 Å². The molecule has 1 atom stereocenters. The van der Waals surface area contributed by atoms with E-state index in [0.29, 0.717) is 12.4 Å². The minimum Gasteiger partial charge on any atom is -0.446 e. The van der Waals surface area contributed by atoms with Crippen LogP contribution in [0.1, 0.15) is 50.1 Å². The quantitative estimate of drug-likeness (QED) is 0.753. The summed E-state index contributed by atoms with van der Waals surface area (Å²) in [7, 11) is 0. The molecule has 0 radical (unpaired) electrons. The molecule has 0 spiro atoms. The Labute approximate surface area is 120 Å². The minimum atomic E-state index is -0.285. The molecule has 0 fully saturated rings. The Morgan fingerprint density at radius 3 is 2.65 bits per heavy atom. The predicted octanol–water partition coefficient (Wildman–Crippen LogP) is 1.40. The molecule has 1 heterocycles. The Balaban J connectivity index is 2.48. The van der Waals surface area contributed by atoms with Gasteiger partial charge in [0.05, 0.1) is 6.04 Å². The van der Waals surface area contributed by atoms with Crippen LogP contribution in [0.4, 0.5) is 0 Å². The first-order valence-electron chi connectivity index (χ1n) is 7.21. The lowest BCUT2D eigenvalue weighted by molar-refractivity contribution is 0.0944. The molecule has 0 aliphatic carbocycles. The molecule has 0 aromatic carbocycles. The van der Waals surface area contributed by atoms with Crippen molar-refractivity contribution in [3.8, 4) is 0 Å². The van der Waals surface area contributed by atoms with E-state index in [-0.39, 0.29) is 23.6 Å². The number of oxazole rings is 1. The lowest BCUT2D eigenvalue weighted by Gasteiger charge is -2.17. The highest BCUT2D eigenvalue weighted by Gasteiger charge is 2.19. The second kappa shape index (κ2) is 8.01. The van der Waals surface area contributed by atoms with E-state index >= 15 is 0 Å². The summed E-state index contributed by atoms with van der Waals surface area (Å²) in [6.45, 7) is 11.5. The van der Waals surface area contributed by atoms with E-state index in [9.17, 15) is 4.79 Å². The zero-order valence-electron chi connectivity index (χ0n) is 12.8. The molecule has 3 N–H and O–H groups in total. The molecule has 114 valence electrons. The molecule has 6 heteroatoms. The molecule has 1 rings (SSSR count). The largest absolute Gasteiger partial charge is 0.446 e. The second-order valence-corrected chi connectivity index (χ2v) is 5.12. The van der Waals surface area contributed by atoms with Gasteiger partial charge in [0.25, 0.3) is 5.91 Å². The molecule has 20 heavy (non-hydrogen) atoms. The molecule has 0 bridgehead atoms. The Morgan fingerprint density at radius 2 is 2.10 bits per heavy atom. The van der Waals surface area contributed by atoms with E-state index in [1.165, 1.54) is 6.26 Å². The van der Waals surface area contributed by atoms with Gasteiger partial charge in [-0.2, -0.15) is 0 Å². The summed E-state index contributed by atoms with van der Waals surface area (Å²) in [4.78, 5) is 18.3. The van der Waals surface area contributed by atoms with Crippen LogP contribution in [0.3, 0.4) is 0 Å². The van der Waals surface area contributed by atoms with Gasteiger partial charge in [-0.05, 0) is 19.0 Å². The molecule has 6 nitrogen and oxygen atoms in total. The third-order valence-corrected chi connectivity index (χ3v) is 3.37. The van der Waals surface area contributed by atoms with Crippen LogP contribution in [0.5, 0.6) is 0 Å². The maximum Gasteiger partial charge on any atom is 0.273 e. The van der Waals surface area contributed by atoms with Gasteiger partial charge >= 0.3 is 0 Å². The number of rotatable bonds is 8. The number of nitrogens with zero attached hydrogens (tertiary/aromatic N) is 2. The summed E-state index contributed by atoms with van der Waals surface area (Å²) in [5.41, 5.74) is 6.22. The Hall–Kier alpha value is -1.40. The van der Waals surface area contributed by atoms with Gasteiger partial charge in [0.15, 0.2) is 5.69 Å². The summed E-state index contributed by atoms with van der Waals surface area (Å²) in [6.07, 6.45) is 1.37. The molecule has 1 aromatic heterocycles. The number of aromatic nitrogens is 1. The zero-order valence-corrected chi connectivity index (χ0v) is 12.8. The highest BCUT2D eigenvalue weighted by Crippen LogP contribution is 2.17. The van der Waals surface area contributed by atoms with Crippen molar-refractivity contribution in [3.05, 3.63) is 17.8 Å². The summed E-state index contributed by atoms with van der Waals surface area (Å²) < 4.78 is 5.27. The van der Waals surface area contributed by atoms with Gasteiger partial charge in [0, 0.05) is 13.1 Å². The number of likely N-dealkylation sites (N-methyl/N-ethyl adjacent to an activating group) is 1. The number of hydrogen-bond donors (Lipinski definition) is 2. The van der Waals surface area contributed by atoms with E-state index in [1.54, 1.807) is 0 Å². The topological polar surface area (TPSA) is 84.4 Å². The molecule has 0 aliphatic heterocycles. The van der Waals surface area contributed by atoms with Gasteiger partial charge in [0.2, 0.25) is 5.89 Å². The fourth-order valence-corrected chi connectivity index (χ4v) is 1.79. The fourth-order valence-electron chi connectivity index (χ4n) is 1.79. The van der Waals surface area contributed by atoms with Gasteiger partial charge in [-0.25, -0.2) is 4.98 Å². The molecule has 1 aromatic rings. The normalized spacial score (nSPS) is 12.9. The van der Waals surface area contributed by atoms with Crippen molar-refractivity contribution in [1.82, 2.24) is 15.2 Å². The maximum absolute atomic E-state index is 11.9. The molecule has 0 saturated carbocycles. The van der Waals surface area contributed by atoms with Crippen LogP contribution in [-0.4, -0.2) is 42.0 Å². The average molecular weight is 282 g/mol. The summed E-state index contributed by atoms with van der Waals surface area (Å²) in [6, 6.07) is -0.285. The third-order valence-electron chi connectivity index (χ3n) is 3.37. The van der Waals surface area contributed by atoms with Crippen LogP contribution in [0, 0.1) is 5.92 Å². The molecular weight excluding hydrogens is 256 g/mol. The highest BCUT2D eigenvalue weighted by atomic mass is 16.3. The van der Waals surface area contributed by atoms with E-state index in [1.807, 2.05) is 13.8 Å². The third kappa shape index (κ3) is 4.61. The lowest BCUT2D eigenvalue weighted by Crippen LogP contribution is -2.35. The Bertz CT molecular complexity index is 413. The van der Waals surface area contributed by atoms with E-state index in [2.05, 4.69) is 29.0 Å². The molecule has 1 unspecified atom stereocenters. The number of nitrogens with one attached hydrogen (secondary N) is 1. The van der Waals surface area contributed by atoms with E-state index in [4.69, 9.17) is 10.2 Å². The van der Waals surface area contributed by atoms with Gasteiger partial charge in [-0.1, -0.05) is 27.7 Å².